The van der Waals surface area contributed by atoms with Crippen LogP contribution in [0.1, 0.15) is 35.7 Å². The predicted octanol–water partition coefficient (Wildman–Crippen LogP) is 2.45. The van der Waals surface area contributed by atoms with Gasteiger partial charge in [0.05, 0.1) is 21.5 Å². The Morgan fingerprint density at radius 3 is 2.38 bits per heavy atom. The number of carbonyl (C=O) groups is 1. The van der Waals surface area contributed by atoms with Crippen molar-refractivity contribution in [3.8, 4) is 0 Å². The minimum absolute atomic E-state index is 0.0452. The van der Waals surface area contributed by atoms with Crippen molar-refractivity contribution in [1.82, 2.24) is 4.90 Å². The monoisotopic (exact) mass is 337 g/mol. The lowest BCUT2D eigenvalue weighted by molar-refractivity contribution is -0.395. The number of rotatable bonds is 5. The third-order valence-electron chi connectivity index (χ3n) is 4.06. The van der Waals surface area contributed by atoms with E-state index in [0.717, 1.165) is 25.0 Å². The van der Waals surface area contributed by atoms with E-state index < -0.39 is 27.1 Å². The van der Waals surface area contributed by atoms with Gasteiger partial charge in [-0.2, -0.15) is 0 Å². The highest BCUT2D eigenvalue weighted by atomic mass is 16.6. The average Bonchev–Trinajstić information content (AvgIpc) is 2.54. The van der Waals surface area contributed by atoms with Gasteiger partial charge in [-0.1, -0.05) is 0 Å². The van der Waals surface area contributed by atoms with E-state index >= 15 is 0 Å². The number of piperidine rings is 1. The Kier molecular flexibility index (Phi) is 5.45. The first-order chi connectivity index (χ1) is 11.3. The molecule has 1 aliphatic heterocycles. The number of hydrogen-bond acceptors (Lipinski definition) is 6. The van der Waals surface area contributed by atoms with Gasteiger partial charge in [-0.15, -0.1) is 0 Å². The molecule has 0 bridgehead atoms. The Morgan fingerprint density at radius 1 is 1.29 bits per heavy atom. The summed E-state index contributed by atoms with van der Waals surface area (Å²) in [6.07, 6.45) is 1.52. The van der Waals surface area contributed by atoms with Crippen LogP contribution in [0.2, 0.25) is 0 Å². The van der Waals surface area contributed by atoms with Crippen LogP contribution in [-0.2, 0) is 4.74 Å². The molecular formula is C15H19N3O6. The van der Waals surface area contributed by atoms with Gasteiger partial charge in [0.15, 0.2) is 0 Å². The zero-order valence-electron chi connectivity index (χ0n) is 13.6. The third-order valence-corrected chi connectivity index (χ3v) is 4.06. The number of carbonyl (C=O) groups excluding carboxylic acids is 1. The standard InChI is InChI=1S/C15H19N3O6/c1-3-24-12-5-4-6-16(9-12)15(19)11-7-13(17(20)21)10(2)14(8-11)18(22)23/h7-8,12H,3-6,9H2,1-2H3. The highest BCUT2D eigenvalue weighted by Gasteiger charge is 2.29. The summed E-state index contributed by atoms with van der Waals surface area (Å²) in [4.78, 5) is 35.0. The first kappa shape index (κ1) is 17.8. The number of nitro groups is 2. The Labute approximate surface area is 138 Å². The van der Waals surface area contributed by atoms with Gasteiger partial charge in [0.1, 0.15) is 5.56 Å². The summed E-state index contributed by atoms with van der Waals surface area (Å²) in [5, 5.41) is 22.2. The molecule has 0 radical (unpaired) electrons. The maximum absolute atomic E-state index is 12.6. The molecule has 1 fully saturated rings. The van der Waals surface area contributed by atoms with Gasteiger partial charge in [0.2, 0.25) is 0 Å². The SMILES string of the molecule is CCOC1CCCN(C(=O)c2cc([N+](=O)[O-])c(C)c([N+](=O)[O-])c2)C1. The van der Waals surface area contributed by atoms with Crippen LogP contribution in [0, 0.1) is 27.2 Å². The van der Waals surface area contributed by atoms with E-state index in [1.54, 1.807) is 0 Å². The fourth-order valence-corrected chi connectivity index (χ4v) is 2.86. The molecule has 1 unspecified atom stereocenters. The second-order valence-corrected chi connectivity index (χ2v) is 5.62. The van der Waals surface area contributed by atoms with Gasteiger partial charge in [-0.05, 0) is 26.7 Å². The van der Waals surface area contributed by atoms with Crippen molar-refractivity contribution in [2.45, 2.75) is 32.8 Å². The number of benzene rings is 1. The number of ether oxygens (including phenoxy) is 1. The van der Waals surface area contributed by atoms with Crippen LogP contribution in [0.3, 0.4) is 0 Å². The van der Waals surface area contributed by atoms with E-state index in [0.29, 0.717) is 19.7 Å². The van der Waals surface area contributed by atoms with E-state index in [2.05, 4.69) is 0 Å². The second kappa shape index (κ2) is 7.35. The van der Waals surface area contributed by atoms with Gasteiger partial charge in [0, 0.05) is 31.8 Å². The van der Waals surface area contributed by atoms with Crippen molar-refractivity contribution in [2.75, 3.05) is 19.7 Å². The fourth-order valence-electron chi connectivity index (χ4n) is 2.86. The van der Waals surface area contributed by atoms with Crippen LogP contribution in [0.15, 0.2) is 12.1 Å². The van der Waals surface area contributed by atoms with Gasteiger partial charge >= 0.3 is 0 Å². The minimum Gasteiger partial charge on any atom is -0.377 e. The first-order valence-corrected chi connectivity index (χ1v) is 7.69. The zero-order chi connectivity index (χ0) is 17.9. The second-order valence-electron chi connectivity index (χ2n) is 5.62. The van der Waals surface area contributed by atoms with Gasteiger partial charge < -0.3 is 9.64 Å². The Hall–Kier alpha value is -2.55. The molecule has 9 nitrogen and oxygen atoms in total. The highest BCUT2D eigenvalue weighted by molar-refractivity contribution is 5.96. The van der Waals surface area contributed by atoms with Crippen LogP contribution in [0.25, 0.3) is 0 Å². The molecule has 0 aromatic heterocycles. The van der Waals surface area contributed by atoms with Crippen molar-refractivity contribution in [3.63, 3.8) is 0 Å². The summed E-state index contributed by atoms with van der Waals surface area (Å²) in [6.45, 7) is 4.58. The summed E-state index contributed by atoms with van der Waals surface area (Å²) in [5.74, 6) is -0.453. The number of amides is 1. The van der Waals surface area contributed by atoms with Crippen molar-refractivity contribution in [3.05, 3.63) is 43.5 Å². The smallest absolute Gasteiger partial charge is 0.279 e. The first-order valence-electron chi connectivity index (χ1n) is 7.69. The van der Waals surface area contributed by atoms with E-state index in [1.165, 1.54) is 11.8 Å². The van der Waals surface area contributed by atoms with Crippen molar-refractivity contribution >= 4 is 17.3 Å². The lowest BCUT2D eigenvalue weighted by Gasteiger charge is -2.32. The molecule has 1 atom stereocenters. The molecule has 1 aromatic rings. The summed E-state index contributed by atoms with van der Waals surface area (Å²) >= 11 is 0. The van der Waals surface area contributed by atoms with Crippen LogP contribution >= 0.6 is 0 Å². The normalized spacial score (nSPS) is 17.6. The van der Waals surface area contributed by atoms with Crippen LogP contribution < -0.4 is 0 Å². The van der Waals surface area contributed by atoms with E-state index in [4.69, 9.17) is 4.74 Å². The molecule has 2 rings (SSSR count). The number of hydrogen-bond donors (Lipinski definition) is 0. The van der Waals surface area contributed by atoms with Gasteiger partial charge in [-0.25, -0.2) is 0 Å². The molecule has 0 N–H and O–H groups in total. The Morgan fingerprint density at radius 2 is 1.88 bits per heavy atom. The molecule has 0 spiro atoms. The van der Waals surface area contributed by atoms with Crippen molar-refractivity contribution < 1.29 is 19.4 Å². The third kappa shape index (κ3) is 3.67. The average molecular weight is 337 g/mol. The predicted molar refractivity (Wildman–Crippen MR) is 85.0 cm³/mol. The summed E-state index contributed by atoms with van der Waals surface area (Å²) < 4.78 is 5.53. The molecule has 24 heavy (non-hydrogen) atoms. The fraction of sp³-hybridized carbons (Fsp3) is 0.533. The van der Waals surface area contributed by atoms with Gasteiger partial charge in [0.25, 0.3) is 17.3 Å². The van der Waals surface area contributed by atoms with Crippen LogP contribution in [0.4, 0.5) is 11.4 Å². The highest BCUT2D eigenvalue weighted by Crippen LogP contribution is 2.30. The molecule has 1 aliphatic rings. The van der Waals surface area contributed by atoms with E-state index in [9.17, 15) is 25.0 Å². The number of nitro benzene ring substituents is 2. The summed E-state index contributed by atoms with van der Waals surface area (Å²) in [6, 6.07) is 2.21. The van der Waals surface area contributed by atoms with Crippen molar-refractivity contribution in [1.29, 1.82) is 0 Å². The molecule has 1 aromatic carbocycles. The van der Waals surface area contributed by atoms with E-state index in [1.807, 2.05) is 6.92 Å². The molecule has 0 saturated carbocycles. The molecule has 9 heteroatoms. The maximum atomic E-state index is 12.6. The molecule has 1 amide bonds. The molecule has 1 saturated heterocycles. The quantitative estimate of drug-likeness (QED) is 0.602. The molecule has 130 valence electrons. The van der Waals surface area contributed by atoms with Gasteiger partial charge in [-0.3, -0.25) is 25.0 Å². The molecule has 0 aliphatic carbocycles. The van der Waals surface area contributed by atoms with E-state index in [-0.39, 0.29) is 17.2 Å². The topological polar surface area (TPSA) is 116 Å². The Balaban J connectivity index is 2.35. The number of likely N-dealkylation sites (tertiary alicyclic amines) is 1. The molecular weight excluding hydrogens is 318 g/mol. The number of nitrogens with zero attached hydrogens (tertiary/aromatic N) is 3. The Bertz CT molecular complexity index is 638. The minimum atomic E-state index is -0.710. The summed E-state index contributed by atoms with van der Waals surface area (Å²) in [7, 11) is 0. The zero-order valence-corrected chi connectivity index (χ0v) is 13.6. The van der Waals surface area contributed by atoms with Crippen molar-refractivity contribution in [2.24, 2.45) is 0 Å². The maximum Gasteiger partial charge on any atom is 0.279 e. The largest absolute Gasteiger partial charge is 0.377 e. The summed E-state index contributed by atoms with van der Waals surface area (Å²) in [5.41, 5.74) is -0.958. The lowest BCUT2D eigenvalue weighted by Crippen LogP contribution is -2.43. The molecule has 1 heterocycles. The van der Waals surface area contributed by atoms with Crippen LogP contribution in [-0.4, -0.2) is 46.5 Å². The lowest BCUT2D eigenvalue weighted by atomic mass is 10.0. The van der Waals surface area contributed by atoms with Crippen LogP contribution in [0.5, 0.6) is 0 Å².